The zero-order chi connectivity index (χ0) is 24.3. The predicted molar refractivity (Wildman–Crippen MR) is 126 cm³/mol. The van der Waals surface area contributed by atoms with Crippen LogP contribution in [0.25, 0.3) is 11.1 Å². The summed E-state index contributed by atoms with van der Waals surface area (Å²) in [6, 6.07) is 15.3. The fraction of sp³-hybridized carbons (Fsp3) is 0.444. The average molecular weight is 463 g/mol. The number of alkyl carbamates (subject to hydrolysis) is 1. The molecule has 2 aliphatic heterocycles. The maximum Gasteiger partial charge on any atom is 0.407 e. The molecule has 2 aromatic rings. The molecule has 3 fully saturated rings. The van der Waals surface area contributed by atoms with E-state index in [4.69, 9.17) is 4.74 Å². The third kappa shape index (κ3) is 3.37. The maximum atomic E-state index is 13.4. The number of ether oxygens (including phenoxy) is 1. The van der Waals surface area contributed by atoms with Gasteiger partial charge in [-0.2, -0.15) is 0 Å². The molecule has 2 N–H and O–H groups in total. The number of benzene rings is 2. The zero-order valence-corrected chi connectivity index (χ0v) is 19.7. The second-order valence-electron chi connectivity index (χ2n) is 10.6. The quantitative estimate of drug-likeness (QED) is 0.676. The molecular weight excluding hydrogens is 432 g/mol. The van der Waals surface area contributed by atoms with Crippen molar-refractivity contribution in [3.63, 3.8) is 0 Å². The van der Waals surface area contributed by atoms with Crippen molar-refractivity contribution in [1.29, 1.82) is 0 Å². The van der Waals surface area contributed by atoms with Gasteiger partial charge < -0.3 is 20.1 Å². The van der Waals surface area contributed by atoms with Crippen molar-refractivity contribution in [2.24, 2.45) is 11.3 Å². The molecule has 2 aromatic carbocycles. The van der Waals surface area contributed by atoms with Gasteiger partial charge in [-0.1, -0.05) is 69.3 Å². The highest BCUT2D eigenvalue weighted by atomic mass is 16.5. The van der Waals surface area contributed by atoms with Crippen molar-refractivity contribution in [1.82, 2.24) is 10.2 Å². The van der Waals surface area contributed by atoms with E-state index in [1.54, 1.807) is 0 Å². The lowest BCUT2D eigenvalue weighted by molar-refractivity contribution is -0.160. The molecular formula is C27H30N2O5. The first-order valence-electron chi connectivity index (χ1n) is 11.8. The van der Waals surface area contributed by atoms with Gasteiger partial charge in [0, 0.05) is 12.5 Å². The molecule has 6 rings (SSSR count). The minimum atomic E-state index is -1.15. The number of aliphatic carboxylic acids is 1. The summed E-state index contributed by atoms with van der Waals surface area (Å²) >= 11 is 0. The molecule has 2 heterocycles. The number of carboxylic acid groups (broad SMARTS) is 1. The maximum absolute atomic E-state index is 13.4. The lowest BCUT2D eigenvalue weighted by atomic mass is 9.63. The van der Waals surface area contributed by atoms with E-state index >= 15 is 0 Å². The summed E-state index contributed by atoms with van der Waals surface area (Å²) < 4.78 is 5.63. The number of carboxylic acids is 1. The molecule has 2 aliphatic carbocycles. The Morgan fingerprint density at radius 3 is 2.15 bits per heavy atom. The average Bonchev–Trinajstić information content (AvgIpc) is 3.39. The SMILES string of the molecule is CC(C)C(NC(=O)OCC1c2ccccc2-c2ccccc21)C(=O)N1CC2(C)CC1(C(=O)O)C2. The van der Waals surface area contributed by atoms with Crippen molar-refractivity contribution in [2.75, 3.05) is 13.2 Å². The molecule has 2 saturated heterocycles. The topological polar surface area (TPSA) is 95.9 Å². The molecule has 178 valence electrons. The van der Waals surface area contributed by atoms with Gasteiger partial charge >= 0.3 is 12.1 Å². The van der Waals surface area contributed by atoms with Crippen molar-refractivity contribution in [3.8, 4) is 11.1 Å². The smallest absolute Gasteiger partial charge is 0.407 e. The van der Waals surface area contributed by atoms with Crippen LogP contribution in [0, 0.1) is 11.3 Å². The van der Waals surface area contributed by atoms with E-state index in [9.17, 15) is 19.5 Å². The van der Waals surface area contributed by atoms with Gasteiger partial charge in [-0.3, -0.25) is 4.79 Å². The monoisotopic (exact) mass is 462 g/mol. The van der Waals surface area contributed by atoms with E-state index in [-0.39, 0.29) is 29.8 Å². The number of carbonyl (C=O) groups excluding carboxylic acids is 2. The Morgan fingerprint density at radius 2 is 1.62 bits per heavy atom. The molecule has 1 atom stereocenters. The van der Waals surface area contributed by atoms with Gasteiger partial charge in [0.15, 0.2) is 0 Å². The Balaban J connectivity index is 1.28. The van der Waals surface area contributed by atoms with Gasteiger partial charge in [-0.15, -0.1) is 0 Å². The number of nitrogens with zero attached hydrogens (tertiary/aromatic N) is 1. The van der Waals surface area contributed by atoms with Crippen molar-refractivity contribution < 1.29 is 24.2 Å². The van der Waals surface area contributed by atoms with Crippen LogP contribution in [-0.4, -0.2) is 52.7 Å². The molecule has 4 aliphatic rings. The number of hydrogen-bond donors (Lipinski definition) is 2. The summed E-state index contributed by atoms with van der Waals surface area (Å²) in [5.74, 6) is -1.62. The van der Waals surface area contributed by atoms with Gasteiger partial charge in [0.05, 0.1) is 0 Å². The highest BCUT2D eigenvalue weighted by molar-refractivity contribution is 5.93. The number of carbonyl (C=O) groups is 3. The zero-order valence-electron chi connectivity index (χ0n) is 19.7. The predicted octanol–water partition coefficient (Wildman–Crippen LogP) is 4.02. The molecule has 0 radical (unpaired) electrons. The van der Waals surface area contributed by atoms with Crippen LogP contribution in [0.5, 0.6) is 0 Å². The Kier molecular flexibility index (Phi) is 5.19. The van der Waals surface area contributed by atoms with Gasteiger partial charge in [-0.05, 0) is 46.4 Å². The van der Waals surface area contributed by atoms with Crippen molar-refractivity contribution in [2.45, 2.75) is 51.1 Å². The van der Waals surface area contributed by atoms with Crippen LogP contribution >= 0.6 is 0 Å². The molecule has 1 unspecified atom stereocenters. The second kappa shape index (κ2) is 7.86. The number of nitrogens with one attached hydrogen (secondary N) is 1. The Morgan fingerprint density at radius 1 is 1.06 bits per heavy atom. The van der Waals surface area contributed by atoms with Gasteiger partial charge in [-0.25, -0.2) is 9.59 Å². The Hall–Kier alpha value is -3.35. The van der Waals surface area contributed by atoms with Crippen LogP contribution < -0.4 is 5.32 Å². The molecule has 0 aromatic heterocycles. The van der Waals surface area contributed by atoms with E-state index in [1.807, 2.05) is 57.2 Å². The number of amides is 2. The molecule has 34 heavy (non-hydrogen) atoms. The van der Waals surface area contributed by atoms with Crippen LogP contribution in [0.2, 0.25) is 0 Å². The van der Waals surface area contributed by atoms with E-state index in [1.165, 1.54) is 4.90 Å². The van der Waals surface area contributed by atoms with Gasteiger partial charge in [0.25, 0.3) is 0 Å². The Bertz CT molecular complexity index is 1120. The molecule has 2 amide bonds. The summed E-state index contributed by atoms with van der Waals surface area (Å²) in [7, 11) is 0. The number of rotatable bonds is 6. The second-order valence-corrected chi connectivity index (χ2v) is 10.6. The lowest BCUT2D eigenvalue weighted by Crippen LogP contribution is -2.60. The highest BCUT2D eigenvalue weighted by Crippen LogP contribution is 2.59. The molecule has 7 heteroatoms. The summed E-state index contributed by atoms with van der Waals surface area (Å²) in [5, 5.41) is 12.5. The molecule has 0 spiro atoms. The highest BCUT2D eigenvalue weighted by Gasteiger charge is 2.69. The fourth-order valence-electron chi connectivity index (χ4n) is 6.20. The summed E-state index contributed by atoms with van der Waals surface area (Å²) in [4.78, 5) is 39.6. The summed E-state index contributed by atoms with van der Waals surface area (Å²) in [6.07, 6.45) is 0.240. The minimum absolute atomic E-state index is 0.0765. The van der Waals surface area contributed by atoms with Crippen LogP contribution in [0.4, 0.5) is 4.79 Å². The van der Waals surface area contributed by atoms with E-state index < -0.39 is 23.6 Å². The Labute approximate surface area is 199 Å². The van der Waals surface area contributed by atoms with Crippen LogP contribution in [0.3, 0.4) is 0 Å². The standard InChI is InChI=1S/C27H30N2O5/c1-16(2)22(23(30)29-15-26(3)13-27(29,14-26)24(31)32)28-25(33)34-12-21-19-10-6-4-8-17(19)18-9-5-7-11-20(18)21/h4-11,16,21-22H,12-15H2,1-3H3,(H,28,33)(H,31,32). The first-order chi connectivity index (χ1) is 16.2. The summed E-state index contributed by atoms with van der Waals surface area (Å²) in [5.41, 5.74) is 3.19. The minimum Gasteiger partial charge on any atom is -0.479 e. The first-order valence-corrected chi connectivity index (χ1v) is 11.8. The van der Waals surface area contributed by atoms with Gasteiger partial charge in [0.2, 0.25) is 5.91 Å². The molecule has 1 saturated carbocycles. The molecule has 2 bridgehead atoms. The number of fused-ring (bicyclic) bond motifs is 4. The fourth-order valence-corrected chi connectivity index (χ4v) is 6.20. The van der Waals surface area contributed by atoms with Crippen LogP contribution in [0.15, 0.2) is 48.5 Å². The third-order valence-electron chi connectivity index (χ3n) is 7.71. The normalized spacial score (nSPS) is 25.4. The van der Waals surface area contributed by atoms with Gasteiger partial charge in [0.1, 0.15) is 18.2 Å². The molecule has 7 nitrogen and oxygen atoms in total. The summed E-state index contributed by atoms with van der Waals surface area (Å²) in [6.45, 7) is 6.22. The number of hydrogen-bond acceptors (Lipinski definition) is 4. The van der Waals surface area contributed by atoms with E-state index in [0.29, 0.717) is 19.4 Å². The van der Waals surface area contributed by atoms with Crippen molar-refractivity contribution in [3.05, 3.63) is 59.7 Å². The van der Waals surface area contributed by atoms with E-state index in [2.05, 4.69) is 17.4 Å². The van der Waals surface area contributed by atoms with Crippen molar-refractivity contribution >= 4 is 18.0 Å². The lowest BCUT2D eigenvalue weighted by Gasteiger charge is -2.43. The first kappa shape index (κ1) is 22.4. The third-order valence-corrected chi connectivity index (χ3v) is 7.71. The largest absolute Gasteiger partial charge is 0.479 e. The van der Waals surface area contributed by atoms with Crippen LogP contribution in [0.1, 0.15) is 50.7 Å². The van der Waals surface area contributed by atoms with E-state index in [0.717, 1.165) is 22.3 Å². The van der Waals surface area contributed by atoms with Crippen LogP contribution in [-0.2, 0) is 14.3 Å².